The molecular weight excluding hydrogens is 288 g/mol. The molecule has 0 unspecified atom stereocenters. The molecule has 1 aromatic rings. The molecule has 0 atom stereocenters. The van der Waals surface area contributed by atoms with Crippen molar-refractivity contribution in [2.45, 2.75) is 31.7 Å². The molecule has 0 spiro atoms. The molecule has 3 rings (SSSR count). The lowest BCUT2D eigenvalue weighted by atomic mass is 10.1. The second-order valence-corrected chi connectivity index (χ2v) is 8.21. The third kappa shape index (κ3) is 3.97. The third-order valence-corrected chi connectivity index (χ3v) is 5.74. The first kappa shape index (κ1) is 14.4. The number of rotatable bonds is 4. The Labute approximate surface area is 125 Å². The summed E-state index contributed by atoms with van der Waals surface area (Å²) >= 11 is 0. The first-order chi connectivity index (χ1) is 10.0. The van der Waals surface area contributed by atoms with E-state index in [0.717, 1.165) is 24.2 Å². The van der Waals surface area contributed by atoms with Crippen molar-refractivity contribution in [3.63, 3.8) is 0 Å². The minimum Gasteiger partial charge on any atom is -0.382 e. The van der Waals surface area contributed by atoms with E-state index < -0.39 is 9.84 Å². The summed E-state index contributed by atoms with van der Waals surface area (Å²) in [6.45, 7) is 0. The molecule has 6 heteroatoms. The molecule has 1 amide bonds. The fraction of sp³-hybridized carbons (Fsp3) is 0.533. The highest BCUT2D eigenvalue weighted by Crippen LogP contribution is 2.30. The van der Waals surface area contributed by atoms with Gasteiger partial charge in [-0.1, -0.05) is 0 Å². The summed E-state index contributed by atoms with van der Waals surface area (Å²) in [5, 5.41) is 6.26. The lowest BCUT2D eigenvalue weighted by Gasteiger charge is -2.24. The Morgan fingerprint density at radius 2 is 1.52 bits per heavy atom. The monoisotopic (exact) mass is 308 g/mol. The standard InChI is InChI=1S/C15H20N2O3S/c18-15(11-1-2-11)17-13-5-3-12(4-6-13)16-14-7-9-21(19,20)10-8-14/h3-6,11,14,16H,1-2,7-10H2,(H,17,18). The summed E-state index contributed by atoms with van der Waals surface area (Å²) in [5.74, 6) is 0.834. The van der Waals surface area contributed by atoms with Gasteiger partial charge in [-0.15, -0.1) is 0 Å². The fourth-order valence-corrected chi connectivity index (χ4v) is 4.00. The highest BCUT2D eigenvalue weighted by molar-refractivity contribution is 7.91. The first-order valence-electron chi connectivity index (χ1n) is 7.40. The van der Waals surface area contributed by atoms with Crippen LogP contribution in [-0.2, 0) is 14.6 Å². The Hall–Kier alpha value is -1.56. The smallest absolute Gasteiger partial charge is 0.227 e. The number of amides is 1. The van der Waals surface area contributed by atoms with Crippen LogP contribution in [0.25, 0.3) is 0 Å². The lowest BCUT2D eigenvalue weighted by Crippen LogP contribution is -2.32. The van der Waals surface area contributed by atoms with E-state index in [0.29, 0.717) is 12.8 Å². The highest BCUT2D eigenvalue weighted by Gasteiger charge is 2.29. The topological polar surface area (TPSA) is 75.3 Å². The van der Waals surface area contributed by atoms with E-state index >= 15 is 0 Å². The molecule has 1 saturated carbocycles. The van der Waals surface area contributed by atoms with Gasteiger partial charge in [0, 0.05) is 23.3 Å². The molecule has 1 saturated heterocycles. The number of carbonyl (C=O) groups excluding carboxylic acids is 1. The van der Waals surface area contributed by atoms with Crippen LogP contribution in [0.2, 0.25) is 0 Å². The number of anilines is 2. The van der Waals surface area contributed by atoms with Gasteiger partial charge < -0.3 is 10.6 Å². The number of hydrogen-bond acceptors (Lipinski definition) is 4. The molecule has 0 aromatic heterocycles. The van der Waals surface area contributed by atoms with E-state index in [4.69, 9.17) is 0 Å². The number of carbonyl (C=O) groups is 1. The first-order valence-corrected chi connectivity index (χ1v) is 9.22. The van der Waals surface area contributed by atoms with Crippen LogP contribution in [-0.4, -0.2) is 31.9 Å². The molecule has 2 aliphatic rings. The Kier molecular flexibility index (Phi) is 3.89. The number of nitrogens with one attached hydrogen (secondary N) is 2. The SMILES string of the molecule is O=C(Nc1ccc(NC2CCS(=O)(=O)CC2)cc1)C1CC1. The molecule has 2 fully saturated rings. The Morgan fingerprint density at radius 1 is 0.952 bits per heavy atom. The molecule has 1 heterocycles. The van der Waals surface area contributed by atoms with Gasteiger partial charge >= 0.3 is 0 Å². The molecule has 5 nitrogen and oxygen atoms in total. The van der Waals surface area contributed by atoms with E-state index in [-0.39, 0.29) is 29.4 Å². The Balaban J connectivity index is 1.53. The zero-order valence-corrected chi connectivity index (χ0v) is 12.7. The average Bonchev–Trinajstić information content (AvgIpc) is 3.28. The summed E-state index contributed by atoms with van der Waals surface area (Å²) < 4.78 is 22.8. The molecule has 1 aliphatic carbocycles. The van der Waals surface area contributed by atoms with Crippen molar-refractivity contribution < 1.29 is 13.2 Å². The molecule has 21 heavy (non-hydrogen) atoms. The van der Waals surface area contributed by atoms with Crippen molar-refractivity contribution in [1.82, 2.24) is 0 Å². The molecule has 1 aliphatic heterocycles. The van der Waals surface area contributed by atoms with Crippen molar-refractivity contribution in [2.24, 2.45) is 5.92 Å². The zero-order chi connectivity index (χ0) is 14.9. The van der Waals surface area contributed by atoms with Crippen LogP contribution in [0.3, 0.4) is 0 Å². The van der Waals surface area contributed by atoms with Crippen molar-refractivity contribution >= 4 is 27.1 Å². The summed E-state index contributed by atoms with van der Waals surface area (Å²) in [7, 11) is -2.82. The van der Waals surface area contributed by atoms with Crippen molar-refractivity contribution in [3.05, 3.63) is 24.3 Å². The maximum absolute atomic E-state index is 11.7. The van der Waals surface area contributed by atoms with Gasteiger partial charge in [0.05, 0.1) is 11.5 Å². The number of benzene rings is 1. The predicted molar refractivity (Wildman–Crippen MR) is 83.1 cm³/mol. The maximum atomic E-state index is 11.7. The van der Waals surface area contributed by atoms with E-state index in [1.165, 1.54) is 0 Å². The van der Waals surface area contributed by atoms with Crippen LogP contribution in [0.1, 0.15) is 25.7 Å². The van der Waals surface area contributed by atoms with Crippen LogP contribution in [0, 0.1) is 5.92 Å². The second-order valence-electron chi connectivity index (χ2n) is 5.91. The third-order valence-electron chi connectivity index (χ3n) is 4.03. The summed E-state index contributed by atoms with van der Waals surface area (Å²) in [5.41, 5.74) is 1.77. The van der Waals surface area contributed by atoms with Gasteiger partial charge in [0.2, 0.25) is 5.91 Å². The van der Waals surface area contributed by atoms with Crippen molar-refractivity contribution in [2.75, 3.05) is 22.1 Å². The molecule has 0 radical (unpaired) electrons. The van der Waals surface area contributed by atoms with Crippen LogP contribution in [0.4, 0.5) is 11.4 Å². The van der Waals surface area contributed by atoms with Gasteiger partial charge in [0.1, 0.15) is 9.84 Å². The van der Waals surface area contributed by atoms with Gasteiger partial charge in [0.15, 0.2) is 0 Å². The van der Waals surface area contributed by atoms with E-state index in [9.17, 15) is 13.2 Å². The Bertz CT molecular complexity index is 607. The van der Waals surface area contributed by atoms with E-state index in [1.54, 1.807) is 0 Å². The minimum absolute atomic E-state index is 0.105. The van der Waals surface area contributed by atoms with Gasteiger partial charge in [0.25, 0.3) is 0 Å². The number of sulfone groups is 1. The van der Waals surface area contributed by atoms with Gasteiger partial charge in [-0.3, -0.25) is 4.79 Å². The second kappa shape index (κ2) is 5.67. The van der Waals surface area contributed by atoms with Crippen LogP contribution >= 0.6 is 0 Å². The average molecular weight is 308 g/mol. The molecule has 2 N–H and O–H groups in total. The quantitative estimate of drug-likeness (QED) is 0.892. The van der Waals surface area contributed by atoms with E-state index in [2.05, 4.69) is 10.6 Å². The number of hydrogen-bond donors (Lipinski definition) is 2. The summed E-state index contributed by atoms with van der Waals surface area (Å²) in [6.07, 6.45) is 3.30. The van der Waals surface area contributed by atoms with Gasteiger partial charge in [-0.05, 0) is 49.9 Å². The van der Waals surface area contributed by atoms with Crippen LogP contribution in [0.5, 0.6) is 0 Å². The maximum Gasteiger partial charge on any atom is 0.227 e. The molecule has 1 aromatic carbocycles. The van der Waals surface area contributed by atoms with Gasteiger partial charge in [-0.2, -0.15) is 0 Å². The fourth-order valence-electron chi connectivity index (χ4n) is 2.51. The van der Waals surface area contributed by atoms with Crippen LogP contribution < -0.4 is 10.6 Å². The Morgan fingerprint density at radius 3 is 2.10 bits per heavy atom. The normalized spacial score (nSPS) is 21.7. The van der Waals surface area contributed by atoms with Crippen molar-refractivity contribution in [1.29, 1.82) is 0 Å². The van der Waals surface area contributed by atoms with Crippen LogP contribution in [0.15, 0.2) is 24.3 Å². The van der Waals surface area contributed by atoms with Gasteiger partial charge in [-0.25, -0.2) is 8.42 Å². The van der Waals surface area contributed by atoms with E-state index in [1.807, 2.05) is 24.3 Å². The largest absolute Gasteiger partial charge is 0.382 e. The minimum atomic E-state index is -2.82. The zero-order valence-electron chi connectivity index (χ0n) is 11.8. The highest BCUT2D eigenvalue weighted by atomic mass is 32.2. The molecule has 0 bridgehead atoms. The summed E-state index contributed by atoms with van der Waals surface area (Å²) in [6, 6.07) is 7.81. The lowest BCUT2D eigenvalue weighted by molar-refractivity contribution is -0.117. The predicted octanol–water partition coefficient (Wildman–Crippen LogP) is 2.02. The molecular formula is C15H20N2O3S. The molecule has 114 valence electrons. The van der Waals surface area contributed by atoms with Crippen molar-refractivity contribution in [3.8, 4) is 0 Å². The summed E-state index contributed by atoms with van der Waals surface area (Å²) in [4.78, 5) is 11.7.